The van der Waals surface area contributed by atoms with Crippen molar-refractivity contribution in [2.75, 3.05) is 13.1 Å². The van der Waals surface area contributed by atoms with Gasteiger partial charge in [0.1, 0.15) is 0 Å². The smallest absolute Gasteiger partial charge is 0.263 e. The molecule has 1 aliphatic rings. The third kappa shape index (κ3) is 3.75. The predicted molar refractivity (Wildman–Crippen MR) is 119 cm³/mol. The largest absolute Gasteiger partial charge is 0.339 e. The van der Waals surface area contributed by atoms with E-state index in [1.165, 1.54) is 0 Å². The van der Waals surface area contributed by atoms with E-state index in [-0.39, 0.29) is 5.91 Å². The molecule has 30 heavy (non-hydrogen) atoms. The second-order valence-electron chi connectivity index (χ2n) is 7.94. The summed E-state index contributed by atoms with van der Waals surface area (Å²) in [7, 11) is 0. The first-order chi connectivity index (χ1) is 14.7. The van der Waals surface area contributed by atoms with E-state index in [4.69, 9.17) is 4.52 Å². The fraction of sp³-hybridized carbons (Fsp3) is 0.292. The van der Waals surface area contributed by atoms with Gasteiger partial charge < -0.3 is 9.42 Å². The predicted octanol–water partition coefficient (Wildman–Crippen LogP) is 5.35. The molecule has 1 saturated heterocycles. The highest BCUT2D eigenvalue weighted by Crippen LogP contribution is 2.29. The van der Waals surface area contributed by atoms with Gasteiger partial charge in [0, 0.05) is 29.8 Å². The number of nitrogens with zero attached hydrogens (tertiary/aromatic N) is 3. The van der Waals surface area contributed by atoms with Crippen molar-refractivity contribution < 1.29 is 9.32 Å². The highest BCUT2D eigenvalue weighted by atomic mass is 32.1. The van der Waals surface area contributed by atoms with Gasteiger partial charge in [-0.05, 0) is 48.8 Å². The Balaban J connectivity index is 1.28. The van der Waals surface area contributed by atoms with Gasteiger partial charge in [0.15, 0.2) is 0 Å². The third-order valence-electron chi connectivity index (χ3n) is 5.76. The monoisotopic (exact) mass is 417 g/mol. The summed E-state index contributed by atoms with van der Waals surface area (Å²) in [5.74, 6) is 1.75. The van der Waals surface area contributed by atoms with Gasteiger partial charge in [-0.2, -0.15) is 4.98 Å². The minimum atomic E-state index is 0.132. The molecule has 0 bridgehead atoms. The average Bonchev–Trinajstić information content (AvgIpc) is 3.41. The van der Waals surface area contributed by atoms with Crippen LogP contribution in [0.3, 0.4) is 0 Å². The van der Waals surface area contributed by atoms with Gasteiger partial charge in [-0.3, -0.25) is 4.79 Å². The van der Waals surface area contributed by atoms with Gasteiger partial charge in [0.25, 0.3) is 5.91 Å². The summed E-state index contributed by atoms with van der Waals surface area (Å²) in [6.07, 6.45) is 2.77. The molecule has 5 nitrogen and oxygen atoms in total. The van der Waals surface area contributed by atoms with Crippen molar-refractivity contribution in [3.8, 4) is 11.4 Å². The fourth-order valence-electron chi connectivity index (χ4n) is 4.18. The number of carbonyl (C=O) groups excluding carboxylic acids is 1. The first-order valence-corrected chi connectivity index (χ1v) is 11.2. The van der Waals surface area contributed by atoms with Gasteiger partial charge in [-0.15, -0.1) is 11.3 Å². The molecule has 0 unspecified atom stereocenters. The fourth-order valence-corrected chi connectivity index (χ4v) is 5.21. The van der Waals surface area contributed by atoms with Crippen molar-refractivity contribution in [1.29, 1.82) is 0 Å². The lowest BCUT2D eigenvalue weighted by atomic mass is 9.94. The van der Waals surface area contributed by atoms with Crippen molar-refractivity contribution in [3.05, 3.63) is 70.9 Å². The second kappa shape index (κ2) is 8.03. The number of benzene rings is 2. The minimum Gasteiger partial charge on any atom is -0.339 e. The minimum absolute atomic E-state index is 0.132. The number of fused-ring (bicyclic) bond motifs is 1. The first kappa shape index (κ1) is 19.0. The van der Waals surface area contributed by atoms with Crippen molar-refractivity contribution in [1.82, 2.24) is 15.0 Å². The number of piperidine rings is 1. The molecule has 0 saturated carbocycles. The van der Waals surface area contributed by atoms with Gasteiger partial charge in [-0.1, -0.05) is 47.6 Å². The molecule has 4 aromatic rings. The molecule has 3 heterocycles. The topological polar surface area (TPSA) is 59.2 Å². The Morgan fingerprint density at radius 3 is 2.90 bits per heavy atom. The summed E-state index contributed by atoms with van der Waals surface area (Å²) in [5.41, 5.74) is 2.13. The van der Waals surface area contributed by atoms with Crippen LogP contribution < -0.4 is 0 Å². The Morgan fingerprint density at radius 2 is 2.03 bits per heavy atom. The second-order valence-corrected chi connectivity index (χ2v) is 9.02. The van der Waals surface area contributed by atoms with Gasteiger partial charge in [-0.25, -0.2) is 0 Å². The summed E-state index contributed by atoms with van der Waals surface area (Å²) in [5, 5.41) is 5.31. The molecule has 0 aliphatic carbocycles. The van der Waals surface area contributed by atoms with Gasteiger partial charge in [0.05, 0.1) is 4.88 Å². The van der Waals surface area contributed by atoms with E-state index >= 15 is 0 Å². The van der Waals surface area contributed by atoms with Crippen LogP contribution in [0.4, 0.5) is 0 Å². The zero-order valence-corrected chi connectivity index (χ0v) is 17.7. The van der Waals surface area contributed by atoms with Crippen LogP contribution in [0.5, 0.6) is 0 Å². The number of rotatable bonds is 4. The van der Waals surface area contributed by atoms with Crippen LogP contribution >= 0.6 is 11.3 Å². The molecule has 1 fully saturated rings. The molecule has 5 rings (SSSR count). The van der Waals surface area contributed by atoms with Crippen LogP contribution in [0.2, 0.25) is 0 Å². The molecule has 152 valence electrons. The quantitative estimate of drug-likeness (QED) is 0.449. The number of aromatic nitrogens is 2. The number of carbonyl (C=O) groups is 1. The lowest BCUT2D eigenvalue weighted by molar-refractivity contribution is 0.0673. The van der Waals surface area contributed by atoms with Gasteiger partial charge in [0.2, 0.25) is 11.7 Å². The lowest BCUT2D eigenvalue weighted by Gasteiger charge is -2.31. The highest BCUT2D eigenvalue weighted by Gasteiger charge is 2.27. The van der Waals surface area contributed by atoms with Crippen LogP contribution in [0.25, 0.3) is 21.5 Å². The Bertz CT molecular complexity index is 1160. The van der Waals surface area contributed by atoms with E-state index < -0.39 is 0 Å². The van der Waals surface area contributed by atoms with Crippen LogP contribution in [-0.4, -0.2) is 34.0 Å². The lowest BCUT2D eigenvalue weighted by Crippen LogP contribution is -2.40. The summed E-state index contributed by atoms with van der Waals surface area (Å²) in [6, 6.07) is 18.2. The molecule has 1 amide bonds. The van der Waals surface area contributed by atoms with E-state index in [0.717, 1.165) is 52.0 Å². The number of likely N-dealkylation sites (tertiary alicyclic amines) is 1. The van der Waals surface area contributed by atoms with E-state index in [0.29, 0.717) is 24.1 Å². The maximum Gasteiger partial charge on any atom is 0.263 e. The van der Waals surface area contributed by atoms with Crippen molar-refractivity contribution in [3.63, 3.8) is 0 Å². The number of aryl methyl sites for hydroxylation is 1. The summed E-state index contributed by atoms with van der Waals surface area (Å²) >= 11 is 1.57. The molecular formula is C24H23N3O2S. The maximum atomic E-state index is 13.1. The number of hydrogen-bond acceptors (Lipinski definition) is 5. The third-order valence-corrected chi connectivity index (χ3v) is 6.86. The van der Waals surface area contributed by atoms with Crippen LogP contribution in [0.15, 0.2) is 59.1 Å². The van der Waals surface area contributed by atoms with Crippen LogP contribution in [-0.2, 0) is 6.42 Å². The van der Waals surface area contributed by atoms with E-state index in [2.05, 4.69) is 22.3 Å². The summed E-state index contributed by atoms with van der Waals surface area (Å²) in [6.45, 7) is 3.58. The van der Waals surface area contributed by atoms with E-state index in [1.807, 2.05) is 54.3 Å². The van der Waals surface area contributed by atoms with Crippen molar-refractivity contribution >= 4 is 27.3 Å². The molecule has 1 aliphatic heterocycles. The molecular weight excluding hydrogens is 394 g/mol. The standard InChI is InChI=1S/C24H23N3O2S/c1-16-7-2-4-10-19(16)23-25-22(29-26-23)13-17-8-6-12-27(15-17)24(28)21-14-18-9-3-5-11-20(18)30-21/h2-5,7,9-11,14,17H,6,8,12-13,15H2,1H3/t17-/m0/s1. The van der Waals surface area contributed by atoms with E-state index in [9.17, 15) is 4.79 Å². The molecule has 0 N–H and O–H groups in total. The zero-order valence-electron chi connectivity index (χ0n) is 16.9. The molecule has 0 radical (unpaired) electrons. The molecule has 2 aromatic heterocycles. The van der Waals surface area contributed by atoms with Crippen LogP contribution in [0, 0.1) is 12.8 Å². The molecule has 0 spiro atoms. The maximum absolute atomic E-state index is 13.1. The average molecular weight is 418 g/mol. The molecule has 6 heteroatoms. The Hall–Kier alpha value is -2.99. The van der Waals surface area contributed by atoms with Crippen molar-refractivity contribution in [2.24, 2.45) is 5.92 Å². The SMILES string of the molecule is Cc1ccccc1-c1noc(C[C@@H]2CCCN(C(=O)c3cc4ccccc4s3)C2)n1. The number of hydrogen-bond donors (Lipinski definition) is 0. The zero-order chi connectivity index (χ0) is 20.5. The molecule has 2 aromatic carbocycles. The summed E-state index contributed by atoms with van der Waals surface area (Å²) < 4.78 is 6.69. The van der Waals surface area contributed by atoms with Crippen LogP contribution in [0.1, 0.15) is 34.0 Å². The number of amides is 1. The highest BCUT2D eigenvalue weighted by molar-refractivity contribution is 7.20. The van der Waals surface area contributed by atoms with Crippen molar-refractivity contribution in [2.45, 2.75) is 26.2 Å². The van der Waals surface area contributed by atoms with E-state index in [1.54, 1.807) is 11.3 Å². The first-order valence-electron chi connectivity index (χ1n) is 10.3. The normalized spacial score (nSPS) is 16.8. The van der Waals surface area contributed by atoms with Gasteiger partial charge >= 0.3 is 0 Å². The Labute approximate surface area is 179 Å². The summed E-state index contributed by atoms with van der Waals surface area (Å²) in [4.78, 5) is 20.5. The number of thiophene rings is 1. The Morgan fingerprint density at radius 1 is 1.20 bits per heavy atom. The molecule has 1 atom stereocenters. The Kier molecular flexibility index (Phi) is 5.09.